The molecule has 0 aliphatic heterocycles. The summed E-state index contributed by atoms with van der Waals surface area (Å²) in [7, 11) is -4.82. The first-order valence-corrected chi connectivity index (χ1v) is 10.3. The van der Waals surface area contributed by atoms with Gasteiger partial charge in [-0.25, -0.2) is 31.6 Å². The van der Waals surface area contributed by atoms with Gasteiger partial charge in [0.25, 0.3) is 10.0 Å². The van der Waals surface area contributed by atoms with Gasteiger partial charge in [-0.05, 0) is 41.9 Å². The maximum absolute atomic E-state index is 14.8. The van der Waals surface area contributed by atoms with E-state index in [-0.39, 0.29) is 16.1 Å². The van der Waals surface area contributed by atoms with Crippen LogP contribution in [-0.4, -0.2) is 24.2 Å². The van der Waals surface area contributed by atoms with Crippen LogP contribution in [0.25, 0.3) is 0 Å². The number of Topliss-reactive ketones (excluding diaryl/α,β-unsaturated/α-hetero) is 1. The summed E-state index contributed by atoms with van der Waals surface area (Å²) >= 11 is 11.4. The molecule has 6 nitrogen and oxygen atoms in total. The molecule has 1 N–H and O–H groups in total. The van der Waals surface area contributed by atoms with Crippen LogP contribution in [-0.2, 0) is 16.4 Å². The molecule has 0 atom stereocenters. The summed E-state index contributed by atoms with van der Waals surface area (Å²) in [5.74, 6) is -4.70. The number of nitrogens with zero attached hydrogens (tertiary/aromatic N) is 2. The summed E-state index contributed by atoms with van der Waals surface area (Å²) in [4.78, 5) is 18.6. The number of aromatic nitrogens is 2. The third-order valence-corrected chi connectivity index (χ3v) is 5.57. The first kappa shape index (κ1) is 22.0. The topological polar surface area (TPSA) is 89.0 Å². The lowest BCUT2D eigenvalue weighted by Gasteiger charge is -2.12. The number of ketones is 1. The van der Waals surface area contributed by atoms with Gasteiger partial charge in [0.15, 0.2) is 16.5 Å². The summed E-state index contributed by atoms with van der Waals surface area (Å²) in [6, 6.07) is 7.04. The average Bonchev–Trinajstić information content (AvgIpc) is 2.62. The molecule has 12 heteroatoms. The number of nitrogens with one attached hydrogen (secondary N) is 1. The summed E-state index contributed by atoms with van der Waals surface area (Å²) in [5, 5.41) is -0.231. The van der Waals surface area contributed by atoms with Crippen LogP contribution in [0.1, 0.15) is 16.1 Å². The molecule has 0 bridgehead atoms. The Morgan fingerprint density at radius 1 is 1.00 bits per heavy atom. The highest BCUT2D eigenvalue weighted by Gasteiger charge is 2.26. The van der Waals surface area contributed by atoms with Gasteiger partial charge in [-0.2, -0.15) is 0 Å². The Hall–Kier alpha value is -2.69. The molecular weight excluding hydrogens is 466 g/mol. The van der Waals surface area contributed by atoms with Crippen molar-refractivity contribution >= 4 is 44.7 Å². The predicted molar refractivity (Wildman–Crippen MR) is 104 cm³/mol. The van der Waals surface area contributed by atoms with E-state index in [1.165, 1.54) is 12.1 Å². The summed E-state index contributed by atoms with van der Waals surface area (Å²) in [6.45, 7) is 0. The third kappa shape index (κ3) is 4.72. The minimum Gasteiger partial charge on any atom is -0.294 e. The lowest BCUT2D eigenvalue weighted by Crippen LogP contribution is -2.18. The Balaban J connectivity index is 1.92. The number of carbonyl (C=O) groups is 1. The fourth-order valence-corrected chi connectivity index (χ4v) is 4.19. The Bertz CT molecular complexity index is 1220. The molecule has 0 radical (unpaired) electrons. The number of anilines is 1. The third-order valence-electron chi connectivity index (χ3n) is 3.79. The quantitative estimate of drug-likeness (QED) is 0.323. The summed E-state index contributed by atoms with van der Waals surface area (Å²) < 4.78 is 68.9. The number of hydrogen-bond acceptors (Lipinski definition) is 5. The van der Waals surface area contributed by atoms with Gasteiger partial charge in [0.2, 0.25) is 5.28 Å². The van der Waals surface area contributed by atoms with Crippen LogP contribution in [0, 0.1) is 17.5 Å². The SMILES string of the molecule is O=C(Cc1cc(Cl)nc(Cl)n1)c1cccc(NS(=O)(=O)c2c(F)cccc2F)c1F. The van der Waals surface area contributed by atoms with Crippen molar-refractivity contribution in [2.45, 2.75) is 11.3 Å². The van der Waals surface area contributed by atoms with Crippen molar-refractivity contribution in [1.82, 2.24) is 9.97 Å². The Labute approximate surface area is 178 Å². The second-order valence-electron chi connectivity index (χ2n) is 5.87. The van der Waals surface area contributed by atoms with Gasteiger partial charge in [0, 0.05) is 0 Å². The first-order chi connectivity index (χ1) is 14.1. The highest BCUT2D eigenvalue weighted by Crippen LogP contribution is 2.25. The van der Waals surface area contributed by atoms with E-state index >= 15 is 0 Å². The minimum atomic E-state index is -4.82. The van der Waals surface area contributed by atoms with Gasteiger partial charge in [-0.15, -0.1) is 0 Å². The van der Waals surface area contributed by atoms with E-state index in [4.69, 9.17) is 23.2 Å². The van der Waals surface area contributed by atoms with E-state index in [1.807, 2.05) is 0 Å². The van der Waals surface area contributed by atoms with Crippen molar-refractivity contribution in [1.29, 1.82) is 0 Å². The van der Waals surface area contributed by atoms with Crippen LogP contribution in [0.3, 0.4) is 0 Å². The van der Waals surface area contributed by atoms with Gasteiger partial charge in [0.1, 0.15) is 16.8 Å². The molecule has 0 spiro atoms. The molecule has 0 fully saturated rings. The van der Waals surface area contributed by atoms with Crippen LogP contribution in [0.5, 0.6) is 0 Å². The largest absolute Gasteiger partial charge is 0.294 e. The van der Waals surface area contributed by atoms with Gasteiger partial charge < -0.3 is 0 Å². The van der Waals surface area contributed by atoms with Gasteiger partial charge in [-0.3, -0.25) is 9.52 Å². The van der Waals surface area contributed by atoms with E-state index in [9.17, 15) is 26.4 Å². The fraction of sp³-hybridized carbons (Fsp3) is 0.0556. The molecule has 1 heterocycles. The number of benzene rings is 2. The monoisotopic (exact) mass is 475 g/mol. The normalized spacial score (nSPS) is 11.4. The average molecular weight is 476 g/mol. The van der Waals surface area contributed by atoms with Crippen molar-refractivity contribution in [3.63, 3.8) is 0 Å². The van der Waals surface area contributed by atoms with Crippen molar-refractivity contribution in [3.8, 4) is 0 Å². The van der Waals surface area contributed by atoms with Gasteiger partial charge >= 0.3 is 0 Å². The lowest BCUT2D eigenvalue weighted by atomic mass is 10.1. The van der Waals surface area contributed by atoms with Crippen LogP contribution in [0.15, 0.2) is 47.4 Å². The summed E-state index contributed by atoms with van der Waals surface area (Å²) in [6.07, 6.45) is -0.406. The molecule has 0 amide bonds. The number of rotatable bonds is 6. The first-order valence-electron chi connectivity index (χ1n) is 8.06. The highest BCUT2D eigenvalue weighted by molar-refractivity contribution is 7.92. The van der Waals surface area contributed by atoms with Crippen molar-refractivity contribution < 1.29 is 26.4 Å². The van der Waals surface area contributed by atoms with E-state index < -0.39 is 55.8 Å². The standard InChI is InChI=1S/C18H10Cl2F3N3O3S/c19-15-8-9(24-18(20)25-15)7-14(27)10-3-1-6-13(16(10)23)26-30(28,29)17-11(21)4-2-5-12(17)22/h1-6,8,26H,7H2. The van der Waals surface area contributed by atoms with E-state index in [1.54, 1.807) is 4.72 Å². The van der Waals surface area contributed by atoms with E-state index in [0.717, 1.165) is 30.3 Å². The fourth-order valence-electron chi connectivity index (χ4n) is 2.55. The second kappa shape index (κ2) is 8.58. The molecule has 0 saturated heterocycles. The molecule has 3 rings (SSSR count). The van der Waals surface area contributed by atoms with Gasteiger partial charge in [-0.1, -0.05) is 23.7 Å². The lowest BCUT2D eigenvalue weighted by molar-refractivity contribution is 0.0988. The molecule has 0 aliphatic carbocycles. The Kier molecular flexibility index (Phi) is 6.30. The van der Waals surface area contributed by atoms with Gasteiger partial charge in [0.05, 0.1) is 23.4 Å². The zero-order valence-corrected chi connectivity index (χ0v) is 17.0. The van der Waals surface area contributed by atoms with Crippen LogP contribution < -0.4 is 4.72 Å². The molecule has 0 saturated carbocycles. The zero-order valence-electron chi connectivity index (χ0n) is 14.7. The smallest absolute Gasteiger partial charge is 0.267 e. The molecule has 0 unspecified atom stereocenters. The Morgan fingerprint density at radius 2 is 1.63 bits per heavy atom. The number of hydrogen-bond donors (Lipinski definition) is 1. The molecule has 3 aromatic rings. The highest BCUT2D eigenvalue weighted by atomic mass is 35.5. The van der Waals surface area contributed by atoms with Crippen LogP contribution >= 0.6 is 23.2 Å². The van der Waals surface area contributed by atoms with Crippen molar-refractivity contribution in [3.05, 3.63) is 81.6 Å². The van der Waals surface area contributed by atoms with Crippen LogP contribution in [0.2, 0.25) is 10.4 Å². The number of sulfonamides is 1. The molecule has 0 aliphatic rings. The van der Waals surface area contributed by atoms with Crippen LogP contribution in [0.4, 0.5) is 18.9 Å². The maximum atomic E-state index is 14.8. The summed E-state index contributed by atoms with van der Waals surface area (Å²) in [5.41, 5.74) is -1.03. The molecule has 2 aromatic carbocycles. The van der Waals surface area contributed by atoms with Crippen molar-refractivity contribution in [2.75, 3.05) is 4.72 Å². The van der Waals surface area contributed by atoms with E-state index in [0.29, 0.717) is 0 Å². The van der Waals surface area contributed by atoms with E-state index in [2.05, 4.69) is 9.97 Å². The zero-order chi connectivity index (χ0) is 22.1. The Morgan fingerprint density at radius 3 is 2.27 bits per heavy atom. The molecule has 1 aromatic heterocycles. The maximum Gasteiger partial charge on any atom is 0.267 e. The molecule has 156 valence electrons. The molecular formula is C18H10Cl2F3N3O3S. The number of halogens is 5. The predicted octanol–water partition coefficient (Wildman–Crippen LogP) is 4.43. The van der Waals surface area contributed by atoms with Crippen molar-refractivity contribution in [2.24, 2.45) is 0 Å². The molecule has 30 heavy (non-hydrogen) atoms. The second-order valence-corrected chi connectivity index (χ2v) is 8.22. The number of carbonyl (C=O) groups excluding carboxylic acids is 1. The minimum absolute atomic E-state index is 0.0216.